The second-order valence-corrected chi connectivity index (χ2v) is 19.7. The highest BCUT2D eigenvalue weighted by atomic mass is 15.2. The zero-order valence-corrected chi connectivity index (χ0v) is 38.2. The van der Waals surface area contributed by atoms with E-state index in [-0.39, 0.29) is 17.5 Å². The molecule has 2 nitrogen and oxygen atoms in total. The molecule has 2 aliphatic rings. The van der Waals surface area contributed by atoms with Gasteiger partial charge in [0.1, 0.15) is 0 Å². The molecule has 0 saturated carbocycles. The van der Waals surface area contributed by atoms with Crippen molar-refractivity contribution in [1.29, 1.82) is 0 Å². The number of fused-ring (bicyclic) bond motifs is 4. The van der Waals surface area contributed by atoms with Crippen LogP contribution < -0.4 is 26.2 Å². The Balaban J connectivity index is 1.23. The summed E-state index contributed by atoms with van der Waals surface area (Å²) in [6.45, 7) is 13.9. The minimum Gasteiger partial charge on any atom is -0.311 e. The van der Waals surface area contributed by atoms with Crippen LogP contribution in [0.1, 0.15) is 52.7 Å². The van der Waals surface area contributed by atoms with E-state index in [9.17, 15) is 0 Å². The number of anilines is 6. The smallest absolute Gasteiger partial charge is 0.252 e. The lowest BCUT2D eigenvalue weighted by atomic mass is 9.33. The first-order chi connectivity index (χ1) is 31.6. The molecule has 0 fully saturated rings. The number of hydrogen-bond acceptors (Lipinski definition) is 2. The fourth-order valence-corrected chi connectivity index (χ4v) is 10.6. The molecule has 0 unspecified atom stereocenters. The summed E-state index contributed by atoms with van der Waals surface area (Å²) in [6, 6.07) is 79.1. The molecule has 0 amide bonds. The zero-order chi connectivity index (χ0) is 44.5. The first kappa shape index (κ1) is 40.4. The number of para-hydroxylation sites is 2. The van der Waals surface area contributed by atoms with Gasteiger partial charge in [-0.1, -0.05) is 217 Å². The van der Waals surface area contributed by atoms with Gasteiger partial charge in [-0.2, -0.15) is 0 Å². The van der Waals surface area contributed by atoms with Crippen LogP contribution in [0, 0.1) is 0 Å². The highest BCUT2D eigenvalue weighted by molar-refractivity contribution is 7.00. The van der Waals surface area contributed by atoms with Gasteiger partial charge in [0, 0.05) is 33.9 Å². The second-order valence-electron chi connectivity index (χ2n) is 19.7. The van der Waals surface area contributed by atoms with Gasteiger partial charge < -0.3 is 9.80 Å². The maximum absolute atomic E-state index is 2.57. The fraction of sp³-hybridized carbons (Fsp3) is 0.129. The topological polar surface area (TPSA) is 6.48 Å². The summed E-state index contributed by atoms with van der Waals surface area (Å²) in [5.41, 5.74) is 23.4. The SMILES string of the molecule is CC(C)(C)c1ccccc1-c1ccc2c(c1)N(c1ccccc1-c1ccccc1)c1cccc3c1B2c1ccc(-c2ccccc2C(C)(C)C)cc1N3c1ccccc1-c1ccccc1. The maximum Gasteiger partial charge on any atom is 0.252 e. The van der Waals surface area contributed by atoms with Crippen LogP contribution in [0.5, 0.6) is 0 Å². The molecule has 0 radical (unpaired) electrons. The molecule has 3 heteroatoms. The third-order valence-corrected chi connectivity index (χ3v) is 13.5. The predicted octanol–water partition coefficient (Wildman–Crippen LogP) is 15.0. The second kappa shape index (κ2) is 15.7. The molecule has 0 bridgehead atoms. The van der Waals surface area contributed by atoms with E-state index >= 15 is 0 Å². The number of nitrogens with zero attached hydrogens (tertiary/aromatic N) is 2. The van der Waals surface area contributed by atoms with Gasteiger partial charge in [0.25, 0.3) is 6.71 Å². The third-order valence-electron chi connectivity index (χ3n) is 13.5. The number of rotatable bonds is 6. The van der Waals surface area contributed by atoms with Crippen LogP contribution in [0.3, 0.4) is 0 Å². The van der Waals surface area contributed by atoms with Gasteiger partial charge in [-0.3, -0.25) is 0 Å². The molecule has 0 spiro atoms. The quantitative estimate of drug-likeness (QED) is 0.154. The van der Waals surface area contributed by atoms with Crippen molar-refractivity contribution in [3.63, 3.8) is 0 Å². The number of benzene rings is 9. The molecule has 0 saturated heterocycles. The van der Waals surface area contributed by atoms with E-state index in [0.29, 0.717) is 0 Å². The van der Waals surface area contributed by atoms with E-state index in [4.69, 9.17) is 0 Å². The first-order valence-electron chi connectivity index (χ1n) is 23.1. The molecule has 65 heavy (non-hydrogen) atoms. The van der Waals surface area contributed by atoms with Crippen LogP contribution in [-0.4, -0.2) is 6.71 Å². The average Bonchev–Trinajstić information content (AvgIpc) is 3.33. The average molecular weight is 837 g/mol. The van der Waals surface area contributed by atoms with E-state index in [0.717, 1.165) is 11.4 Å². The van der Waals surface area contributed by atoms with E-state index in [2.05, 4.69) is 264 Å². The van der Waals surface area contributed by atoms with Crippen molar-refractivity contribution in [1.82, 2.24) is 0 Å². The highest BCUT2D eigenvalue weighted by Crippen LogP contribution is 2.49. The summed E-state index contributed by atoms with van der Waals surface area (Å²) in [5.74, 6) is 0. The lowest BCUT2D eigenvalue weighted by molar-refractivity contribution is 0.591. The molecular weight excluding hydrogens is 784 g/mol. The largest absolute Gasteiger partial charge is 0.311 e. The Bertz CT molecular complexity index is 3030. The maximum atomic E-state index is 2.57. The Morgan fingerprint density at radius 2 is 0.646 bits per heavy atom. The fourth-order valence-electron chi connectivity index (χ4n) is 10.6. The summed E-state index contributed by atoms with van der Waals surface area (Å²) >= 11 is 0. The van der Waals surface area contributed by atoms with E-state index in [1.54, 1.807) is 0 Å². The molecule has 9 aromatic carbocycles. The van der Waals surface area contributed by atoms with Crippen molar-refractivity contribution < 1.29 is 0 Å². The summed E-state index contributed by atoms with van der Waals surface area (Å²) in [5, 5.41) is 0. The Kier molecular flexibility index (Phi) is 9.77. The van der Waals surface area contributed by atoms with Gasteiger partial charge >= 0.3 is 0 Å². The molecule has 2 heterocycles. The molecule has 314 valence electrons. The standard InChI is InChI=1S/C62H53BN2/c1-61(2,3)50-30-17-13-26-46(50)44-36-38-52-58(40-44)64(54-32-19-15-28-48(54)42-22-9-7-10-23-42)56-34-21-35-57-60(56)63(52)53-39-37-45(47-27-14-18-31-51(47)62(4,5)6)41-59(53)65(57)55-33-20-16-29-49(55)43-24-11-8-12-25-43/h7-41H,1-6H3. The van der Waals surface area contributed by atoms with Crippen molar-refractivity contribution in [3.8, 4) is 44.5 Å². The van der Waals surface area contributed by atoms with Crippen LogP contribution in [0.4, 0.5) is 34.1 Å². The Morgan fingerprint density at radius 1 is 0.292 bits per heavy atom. The molecule has 0 aliphatic carbocycles. The van der Waals surface area contributed by atoms with Gasteiger partial charge in [0.05, 0.1) is 11.4 Å². The Morgan fingerprint density at radius 3 is 1.06 bits per heavy atom. The van der Waals surface area contributed by atoms with E-state index in [1.165, 1.54) is 94.8 Å². The predicted molar refractivity (Wildman–Crippen MR) is 280 cm³/mol. The lowest BCUT2D eigenvalue weighted by Crippen LogP contribution is -2.61. The van der Waals surface area contributed by atoms with Gasteiger partial charge in [-0.15, -0.1) is 0 Å². The molecule has 0 aromatic heterocycles. The normalized spacial score (nSPS) is 13.0. The minimum absolute atomic E-state index is 0.0229. The monoisotopic (exact) mass is 836 g/mol. The molecular formula is C62H53BN2. The van der Waals surface area contributed by atoms with Crippen LogP contribution in [0.15, 0.2) is 212 Å². The van der Waals surface area contributed by atoms with Crippen molar-refractivity contribution in [2.24, 2.45) is 0 Å². The molecule has 11 rings (SSSR count). The van der Waals surface area contributed by atoms with Crippen LogP contribution in [0.25, 0.3) is 44.5 Å². The molecule has 2 aliphatic heterocycles. The van der Waals surface area contributed by atoms with Crippen molar-refractivity contribution >= 4 is 57.2 Å². The summed E-state index contributed by atoms with van der Waals surface area (Å²) in [6.07, 6.45) is 0. The molecule has 9 aromatic rings. The van der Waals surface area contributed by atoms with E-state index < -0.39 is 0 Å². The Hall–Kier alpha value is -7.36. The Labute approximate surface area is 385 Å². The van der Waals surface area contributed by atoms with Crippen molar-refractivity contribution in [3.05, 3.63) is 223 Å². The summed E-state index contributed by atoms with van der Waals surface area (Å²) in [7, 11) is 0. The summed E-state index contributed by atoms with van der Waals surface area (Å²) < 4.78 is 0. The van der Waals surface area contributed by atoms with Crippen LogP contribution >= 0.6 is 0 Å². The summed E-state index contributed by atoms with van der Waals surface area (Å²) in [4.78, 5) is 5.13. The zero-order valence-electron chi connectivity index (χ0n) is 38.2. The lowest BCUT2D eigenvalue weighted by Gasteiger charge is -2.45. The van der Waals surface area contributed by atoms with Gasteiger partial charge in [0.15, 0.2) is 0 Å². The van der Waals surface area contributed by atoms with Crippen molar-refractivity contribution in [2.75, 3.05) is 9.80 Å². The molecule has 0 atom stereocenters. The third kappa shape index (κ3) is 6.89. The molecule has 0 N–H and O–H groups in total. The van der Waals surface area contributed by atoms with Crippen LogP contribution in [-0.2, 0) is 10.8 Å². The van der Waals surface area contributed by atoms with E-state index in [1.807, 2.05) is 0 Å². The first-order valence-corrected chi connectivity index (χ1v) is 23.1. The number of hydrogen-bond donors (Lipinski definition) is 0. The van der Waals surface area contributed by atoms with Gasteiger partial charge in [0.2, 0.25) is 0 Å². The minimum atomic E-state index is -0.0290. The van der Waals surface area contributed by atoms with Crippen LogP contribution in [0.2, 0.25) is 0 Å². The van der Waals surface area contributed by atoms with Crippen molar-refractivity contribution in [2.45, 2.75) is 52.4 Å². The highest BCUT2D eigenvalue weighted by Gasteiger charge is 2.44. The van der Waals surface area contributed by atoms with Gasteiger partial charge in [-0.25, -0.2) is 0 Å². The van der Waals surface area contributed by atoms with Gasteiger partial charge in [-0.05, 0) is 108 Å².